The largest absolute Gasteiger partial charge is 0.488 e. The minimum atomic E-state index is -0.399. The second-order valence-corrected chi connectivity index (χ2v) is 7.91. The Bertz CT molecular complexity index is 1160. The number of ketones is 1. The molecule has 1 heterocycles. The first-order valence-corrected chi connectivity index (χ1v) is 9.99. The van der Waals surface area contributed by atoms with Crippen molar-refractivity contribution in [2.45, 2.75) is 13.5 Å². The Hall–Kier alpha value is -2.63. The molecule has 0 N–H and O–H groups in total. The number of carbonyl (C=O) groups is 1. The molecule has 3 aromatic carbocycles. The molecule has 3 nitrogen and oxygen atoms in total. The van der Waals surface area contributed by atoms with Crippen molar-refractivity contribution >= 4 is 39.4 Å². The predicted molar refractivity (Wildman–Crippen MR) is 114 cm³/mol. The van der Waals surface area contributed by atoms with Crippen LogP contribution in [0.15, 0.2) is 64.8 Å². The monoisotopic (exact) mass is 472 g/mol. The standard InChI is InChI=1S/C23H15BrClFO3/c1-13-20(28-12-15-5-6-17(26)11-19(15)25)8-7-18-22(27)21(29-23(13)18)10-14-3-2-4-16(24)9-14/h2-11H,12H2,1H3/b21-10-. The van der Waals surface area contributed by atoms with Crippen LogP contribution in [0, 0.1) is 12.7 Å². The number of Topliss-reactive ketones (excluding diaryl/α,β-unsaturated/α-hetero) is 1. The number of hydrogen-bond donors (Lipinski definition) is 0. The number of allylic oxidation sites excluding steroid dienone is 1. The van der Waals surface area contributed by atoms with Gasteiger partial charge in [-0.25, -0.2) is 4.39 Å². The summed E-state index contributed by atoms with van der Waals surface area (Å²) in [5.74, 6) is 0.750. The van der Waals surface area contributed by atoms with E-state index in [0.717, 1.165) is 10.0 Å². The third-order valence-corrected chi connectivity index (χ3v) is 5.43. The third-order valence-electron chi connectivity index (χ3n) is 4.58. The highest BCUT2D eigenvalue weighted by Crippen LogP contribution is 2.39. The van der Waals surface area contributed by atoms with Gasteiger partial charge in [0.2, 0.25) is 5.78 Å². The van der Waals surface area contributed by atoms with E-state index >= 15 is 0 Å². The van der Waals surface area contributed by atoms with Gasteiger partial charge in [-0.3, -0.25) is 4.79 Å². The van der Waals surface area contributed by atoms with E-state index in [1.165, 1.54) is 12.1 Å². The number of fused-ring (bicyclic) bond motifs is 1. The van der Waals surface area contributed by atoms with Gasteiger partial charge >= 0.3 is 0 Å². The molecule has 0 saturated heterocycles. The molecule has 0 amide bonds. The molecule has 0 atom stereocenters. The lowest BCUT2D eigenvalue weighted by Gasteiger charge is -2.12. The first-order chi connectivity index (χ1) is 13.9. The summed E-state index contributed by atoms with van der Waals surface area (Å²) in [5, 5.41) is 0.300. The van der Waals surface area contributed by atoms with Crippen LogP contribution in [0.3, 0.4) is 0 Å². The molecule has 0 spiro atoms. The minimum Gasteiger partial charge on any atom is -0.488 e. The normalized spacial score (nSPS) is 14.1. The van der Waals surface area contributed by atoms with Crippen LogP contribution in [-0.2, 0) is 6.61 Å². The molecule has 0 fully saturated rings. The number of hydrogen-bond acceptors (Lipinski definition) is 3. The van der Waals surface area contributed by atoms with E-state index in [9.17, 15) is 9.18 Å². The van der Waals surface area contributed by atoms with E-state index < -0.39 is 5.82 Å². The lowest BCUT2D eigenvalue weighted by molar-refractivity contribution is 0.101. The fraction of sp³-hybridized carbons (Fsp3) is 0.0870. The number of rotatable bonds is 4. The summed E-state index contributed by atoms with van der Waals surface area (Å²) in [6, 6.07) is 15.2. The van der Waals surface area contributed by atoms with Crippen LogP contribution in [0.1, 0.15) is 27.0 Å². The van der Waals surface area contributed by atoms with E-state index in [1.807, 2.05) is 31.2 Å². The first-order valence-electron chi connectivity index (χ1n) is 8.82. The third kappa shape index (κ3) is 4.07. The van der Waals surface area contributed by atoms with E-state index in [2.05, 4.69) is 15.9 Å². The lowest BCUT2D eigenvalue weighted by Crippen LogP contribution is -1.99. The molecular weight excluding hydrogens is 459 g/mol. The van der Waals surface area contributed by atoms with Crippen molar-refractivity contribution in [3.05, 3.63) is 97.9 Å². The zero-order chi connectivity index (χ0) is 20.5. The Balaban J connectivity index is 1.58. The summed E-state index contributed by atoms with van der Waals surface area (Å²) in [7, 11) is 0. The predicted octanol–water partition coefficient (Wildman–Crippen LogP) is 6.75. The molecule has 4 rings (SSSR count). The number of halogens is 3. The van der Waals surface area contributed by atoms with E-state index in [1.54, 1.807) is 24.3 Å². The molecule has 29 heavy (non-hydrogen) atoms. The average Bonchev–Trinajstić information content (AvgIpc) is 2.99. The Morgan fingerprint density at radius 2 is 2.00 bits per heavy atom. The van der Waals surface area contributed by atoms with Crippen LogP contribution >= 0.6 is 27.5 Å². The molecule has 0 unspecified atom stereocenters. The quantitative estimate of drug-likeness (QED) is 0.393. The summed E-state index contributed by atoms with van der Waals surface area (Å²) >= 11 is 9.48. The van der Waals surface area contributed by atoms with Crippen molar-refractivity contribution in [2.24, 2.45) is 0 Å². The van der Waals surface area contributed by atoms with Crippen molar-refractivity contribution in [2.75, 3.05) is 0 Å². The summed E-state index contributed by atoms with van der Waals surface area (Å²) in [6.45, 7) is 2.00. The molecule has 0 bridgehead atoms. The van der Waals surface area contributed by atoms with Crippen molar-refractivity contribution in [3.8, 4) is 11.5 Å². The van der Waals surface area contributed by atoms with Gasteiger partial charge in [0.15, 0.2) is 5.76 Å². The van der Waals surface area contributed by atoms with Gasteiger partial charge in [-0.2, -0.15) is 0 Å². The van der Waals surface area contributed by atoms with Gasteiger partial charge in [-0.05, 0) is 55.0 Å². The molecular formula is C23H15BrClFO3. The fourth-order valence-corrected chi connectivity index (χ4v) is 3.71. The molecule has 1 aliphatic heterocycles. The van der Waals surface area contributed by atoms with Crippen molar-refractivity contribution < 1.29 is 18.7 Å². The first kappa shape index (κ1) is 19.7. The second kappa shape index (κ2) is 8.01. The van der Waals surface area contributed by atoms with Crippen LogP contribution < -0.4 is 9.47 Å². The van der Waals surface area contributed by atoms with Gasteiger partial charge < -0.3 is 9.47 Å². The van der Waals surface area contributed by atoms with Gasteiger partial charge in [0.25, 0.3) is 0 Å². The molecule has 146 valence electrons. The maximum absolute atomic E-state index is 13.2. The Kier molecular flexibility index (Phi) is 5.43. The highest BCUT2D eigenvalue weighted by Gasteiger charge is 2.30. The topological polar surface area (TPSA) is 35.5 Å². The van der Waals surface area contributed by atoms with Crippen LogP contribution in [0.2, 0.25) is 5.02 Å². The van der Waals surface area contributed by atoms with Gasteiger partial charge in [-0.15, -0.1) is 0 Å². The zero-order valence-corrected chi connectivity index (χ0v) is 17.7. The number of benzene rings is 3. The number of ether oxygens (including phenoxy) is 2. The Labute approximate surface area is 180 Å². The molecule has 6 heteroatoms. The van der Waals surface area contributed by atoms with Gasteiger partial charge in [0, 0.05) is 15.6 Å². The zero-order valence-electron chi connectivity index (χ0n) is 15.3. The van der Waals surface area contributed by atoms with Gasteiger partial charge in [0.1, 0.15) is 23.9 Å². The van der Waals surface area contributed by atoms with Crippen LogP contribution in [0.25, 0.3) is 6.08 Å². The summed E-state index contributed by atoms with van der Waals surface area (Å²) < 4.78 is 25.8. The lowest BCUT2D eigenvalue weighted by atomic mass is 10.1. The molecule has 0 aromatic heterocycles. The minimum absolute atomic E-state index is 0.170. The Morgan fingerprint density at radius 3 is 2.76 bits per heavy atom. The molecule has 3 aromatic rings. The molecule has 0 saturated carbocycles. The molecule has 0 radical (unpaired) electrons. The highest BCUT2D eigenvalue weighted by atomic mass is 79.9. The SMILES string of the molecule is Cc1c(OCc2ccc(F)cc2Cl)ccc2c1O/C(=C\c1cccc(Br)c1)C2=O. The van der Waals surface area contributed by atoms with Crippen molar-refractivity contribution in [3.63, 3.8) is 0 Å². The van der Waals surface area contributed by atoms with Crippen molar-refractivity contribution in [1.82, 2.24) is 0 Å². The van der Waals surface area contributed by atoms with E-state index in [0.29, 0.717) is 33.2 Å². The second-order valence-electron chi connectivity index (χ2n) is 6.58. The van der Waals surface area contributed by atoms with Crippen LogP contribution in [0.5, 0.6) is 11.5 Å². The van der Waals surface area contributed by atoms with Crippen molar-refractivity contribution in [1.29, 1.82) is 0 Å². The summed E-state index contributed by atoms with van der Waals surface area (Å²) in [5.41, 5.74) is 2.73. The maximum atomic E-state index is 13.2. The Morgan fingerprint density at radius 1 is 1.17 bits per heavy atom. The van der Waals surface area contributed by atoms with E-state index in [-0.39, 0.29) is 18.1 Å². The van der Waals surface area contributed by atoms with Gasteiger partial charge in [0.05, 0.1) is 10.6 Å². The molecule has 1 aliphatic rings. The summed E-state index contributed by atoms with van der Waals surface area (Å²) in [4.78, 5) is 12.7. The number of carbonyl (C=O) groups excluding carboxylic acids is 1. The fourth-order valence-electron chi connectivity index (χ4n) is 3.07. The van der Waals surface area contributed by atoms with Crippen LogP contribution in [-0.4, -0.2) is 5.78 Å². The average molecular weight is 474 g/mol. The van der Waals surface area contributed by atoms with Gasteiger partial charge in [-0.1, -0.05) is 45.7 Å². The van der Waals surface area contributed by atoms with E-state index in [4.69, 9.17) is 21.1 Å². The van der Waals surface area contributed by atoms with Crippen LogP contribution in [0.4, 0.5) is 4.39 Å². The maximum Gasteiger partial charge on any atom is 0.231 e. The smallest absolute Gasteiger partial charge is 0.231 e. The highest BCUT2D eigenvalue weighted by molar-refractivity contribution is 9.10. The molecule has 0 aliphatic carbocycles. The summed E-state index contributed by atoms with van der Waals surface area (Å²) in [6.07, 6.45) is 1.71.